The topological polar surface area (TPSA) is 76.9 Å². The van der Waals surface area contributed by atoms with Gasteiger partial charge in [-0.3, -0.25) is 14.6 Å². The van der Waals surface area contributed by atoms with Gasteiger partial charge in [-0.15, -0.1) is 0 Å². The van der Waals surface area contributed by atoms with Crippen molar-refractivity contribution in [2.75, 3.05) is 38.3 Å². The van der Waals surface area contributed by atoms with Gasteiger partial charge < -0.3 is 9.64 Å². The number of carbonyl (C=O) groups is 2. The number of ketones is 1. The number of Topliss-reactive ketones (excluding diaryl/α,β-unsaturated/α-hetero) is 1. The molecule has 0 bridgehead atoms. The van der Waals surface area contributed by atoms with Crippen LogP contribution in [0, 0.1) is 11.3 Å². The first-order chi connectivity index (χ1) is 17.7. The van der Waals surface area contributed by atoms with Crippen LogP contribution in [0.1, 0.15) is 41.1 Å². The Bertz CT molecular complexity index is 1320. The SMILES string of the molecule is CN1C(=O)N(c2cccc(C(F)(F)F)c2)C2=C(C(=O)CC2)C1c1ccc(C#N)cc1CN1CCOCC1. The Kier molecular flexibility index (Phi) is 6.52. The molecular formula is C27H25F3N4O3. The number of morpholine rings is 1. The van der Waals surface area contributed by atoms with Crippen LogP contribution < -0.4 is 4.90 Å². The number of allylic oxidation sites excluding steroid dienone is 1. The van der Waals surface area contributed by atoms with Crippen molar-refractivity contribution in [1.29, 1.82) is 5.26 Å². The number of hydrogen-bond acceptors (Lipinski definition) is 5. The maximum atomic E-state index is 13.7. The van der Waals surface area contributed by atoms with Gasteiger partial charge in [-0.2, -0.15) is 18.4 Å². The number of benzene rings is 2. The quantitative estimate of drug-likeness (QED) is 0.599. The molecule has 0 N–H and O–H groups in total. The summed E-state index contributed by atoms with van der Waals surface area (Å²) < 4.78 is 45.7. The van der Waals surface area contributed by atoms with Crippen molar-refractivity contribution in [2.45, 2.75) is 31.6 Å². The van der Waals surface area contributed by atoms with E-state index in [9.17, 15) is 28.0 Å². The molecule has 1 atom stereocenters. The maximum absolute atomic E-state index is 13.7. The van der Waals surface area contributed by atoms with Crippen LogP contribution in [-0.4, -0.2) is 55.0 Å². The predicted octanol–water partition coefficient (Wildman–Crippen LogP) is 4.64. The van der Waals surface area contributed by atoms with E-state index in [1.54, 1.807) is 25.2 Å². The van der Waals surface area contributed by atoms with E-state index in [0.717, 1.165) is 23.3 Å². The van der Waals surface area contributed by atoms with Crippen LogP contribution in [0.5, 0.6) is 0 Å². The van der Waals surface area contributed by atoms with Gasteiger partial charge in [0.25, 0.3) is 0 Å². The molecule has 0 aromatic heterocycles. The second-order valence-electron chi connectivity index (χ2n) is 9.38. The lowest BCUT2D eigenvalue weighted by atomic mass is 9.89. The van der Waals surface area contributed by atoms with Crippen molar-refractivity contribution in [1.82, 2.24) is 9.80 Å². The molecule has 3 aliphatic rings. The van der Waals surface area contributed by atoms with Gasteiger partial charge in [0, 0.05) is 44.4 Å². The molecule has 37 heavy (non-hydrogen) atoms. The second kappa shape index (κ2) is 9.65. The molecule has 2 aliphatic heterocycles. The highest BCUT2D eigenvalue weighted by molar-refractivity contribution is 6.08. The van der Waals surface area contributed by atoms with Gasteiger partial charge in [0.15, 0.2) is 5.78 Å². The van der Waals surface area contributed by atoms with Crippen LogP contribution in [0.4, 0.5) is 23.7 Å². The third-order valence-electron chi connectivity index (χ3n) is 7.12. The molecular weight excluding hydrogens is 485 g/mol. The Balaban J connectivity index is 1.61. The zero-order chi connectivity index (χ0) is 26.3. The summed E-state index contributed by atoms with van der Waals surface area (Å²) in [6.45, 7) is 3.13. The summed E-state index contributed by atoms with van der Waals surface area (Å²) in [5, 5.41) is 9.50. The Morgan fingerprint density at radius 2 is 1.84 bits per heavy atom. The first kappa shape index (κ1) is 25.0. The number of hydrogen-bond donors (Lipinski definition) is 0. The van der Waals surface area contributed by atoms with Crippen LogP contribution in [0.25, 0.3) is 0 Å². The van der Waals surface area contributed by atoms with E-state index in [0.29, 0.717) is 49.7 Å². The first-order valence-electron chi connectivity index (χ1n) is 12.0. The summed E-state index contributed by atoms with van der Waals surface area (Å²) in [6, 6.07) is 10.7. The molecule has 192 valence electrons. The van der Waals surface area contributed by atoms with E-state index < -0.39 is 23.8 Å². The van der Waals surface area contributed by atoms with Gasteiger partial charge in [-0.25, -0.2) is 4.79 Å². The Morgan fingerprint density at radius 3 is 2.54 bits per heavy atom. The van der Waals surface area contributed by atoms with Crippen molar-refractivity contribution in [3.05, 3.63) is 76.0 Å². The number of likely N-dealkylation sites (N-methyl/N-ethyl adjacent to an activating group) is 1. The molecule has 1 unspecified atom stereocenters. The van der Waals surface area contributed by atoms with Gasteiger partial charge in [0.1, 0.15) is 0 Å². The Labute approximate surface area is 212 Å². The average molecular weight is 511 g/mol. The molecule has 1 aliphatic carbocycles. The molecule has 5 rings (SSSR count). The number of halogens is 3. The minimum Gasteiger partial charge on any atom is -0.379 e. The highest BCUT2D eigenvalue weighted by atomic mass is 19.4. The number of amides is 2. The van der Waals surface area contributed by atoms with Crippen molar-refractivity contribution < 1.29 is 27.5 Å². The lowest BCUT2D eigenvalue weighted by Crippen LogP contribution is -2.48. The van der Waals surface area contributed by atoms with E-state index in [2.05, 4.69) is 11.0 Å². The standard InChI is InChI=1S/C27H25F3N4O3/c1-32-25(21-6-5-17(15-31)13-18(21)16-33-9-11-37-12-10-33)24-22(7-8-23(24)35)34(26(32)36)20-4-2-3-19(14-20)27(28,29)30/h2-6,13-14,25H,7-12,16H2,1H3. The fourth-order valence-electron chi connectivity index (χ4n) is 5.31. The van der Waals surface area contributed by atoms with Gasteiger partial charge in [-0.1, -0.05) is 12.1 Å². The third kappa shape index (κ3) is 4.61. The van der Waals surface area contributed by atoms with Crippen LogP contribution in [-0.2, 0) is 22.3 Å². The maximum Gasteiger partial charge on any atom is 0.416 e. The molecule has 7 nitrogen and oxygen atoms in total. The number of ether oxygens (including phenoxy) is 1. The third-order valence-corrected chi connectivity index (χ3v) is 7.12. The van der Waals surface area contributed by atoms with Crippen LogP contribution in [0.2, 0.25) is 0 Å². The Morgan fingerprint density at radius 1 is 1.08 bits per heavy atom. The largest absolute Gasteiger partial charge is 0.416 e. The van der Waals surface area contributed by atoms with Crippen LogP contribution in [0.3, 0.4) is 0 Å². The smallest absolute Gasteiger partial charge is 0.379 e. The van der Waals surface area contributed by atoms with Gasteiger partial charge in [-0.05, 0) is 47.9 Å². The number of alkyl halides is 3. The second-order valence-corrected chi connectivity index (χ2v) is 9.38. The molecule has 0 saturated carbocycles. The molecule has 2 aromatic rings. The van der Waals surface area contributed by atoms with Crippen molar-refractivity contribution in [3.63, 3.8) is 0 Å². The van der Waals surface area contributed by atoms with E-state index in [-0.39, 0.29) is 24.3 Å². The van der Waals surface area contributed by atoms with Crippen molar-refractivity contribution in [2.24, 2.45) is 0 Å². The van der Waals surface area contributed by atoms with E-state index in [4.69, 9.17) is 4.74 Å². The lowest BCUT2D eigenvalue weighted by molar-refractivity contribution is -0.137. The number of nitrogens with zero attached hydrogens (tertiary/aromatic N) is 4. The minimum atomic E-state index is -4.57. The molecule has 10 heteroatoms. The van der Waals surface area contributed by atoms with Crippen molar-refractivity contribution >= 4 is 17.5 Å². The number of anilines is 1. The molecule has 1 saturated heterocycles. The fraction of sp³-hybridized carbons (Fsp3) is 0.370. The number of carbonyl (C=O) groups excluding carboxylic acids is 2. The number of urea groups is 1. The monoisotopic (exact) mass is 510 g/mol. The predicted molar refractivity (Wildman–Crippen MR) is 128 cm³/mol. The summed E-state index contributed by atoms with van der Waals surface area (Å²) in [6.07, 6.45) is -4.13. The molecule has 0 radical (unpaired) electrons. The lowest BCUT2D eigenvalue weighted by Gasteiger charge is -2.41. The van der Waals surface area contributed by atoms with E-state index in [1.165, 1.54) is 21.9 Å². The summed E-state index contributed by atoms with van der Waals surface area (Å²) in [4.78, 5) is 31.7. The normalized spacial score (nSPS) is 20.9. The number of rotatable bonds is 4. The number of nitriles is 1. The fourth-order valence-corrected chi connectivity index (χ4v) is 5.31. The highest BCUT2D eigenvalue weighted by Gasteiger charge is 2.45. The highest BCUT2D eigenvalue weighted by Crippen LogP contribution is 2.45. The minimum absolute atomic E-state index is 0.0701. The van der Waals surface area contributed by atoms with Crippen LogP contribution in [0.15, 0.2) is 53.7 Å². The van der Waals surface area contributed by atoms with Gasteiger partial charge in [0.05, 0.1) is 42.1 Å². The first-order valence-corrected chi connectivity index (χ1v) is 12.0. The molecule has 0 spiro atoms. The van der Waals surface area contributed by atoms with E-state index >= 15 is 0 Å². The summed E-state index contributed by atoms with van der Waals surface area (Å²) in [5.74, 6) is -0.141. The van der Waals surface area contributed by atoms with Gasteiger partial charge in [0.2, 0.25) is 0 Å². The molecule has 1 fully saturated rings. The zero-order valence-electron chi connectivity index (χ0n) is 20.2. The van der Waals surface area contributed by atoms with Crippen molar-refractivity contribution in [3.8, 4) is 6.07 Å². The summed E-state index contributed by atoms with van der Waals surface area (Å²) >= 11 is 0. The molecule has 2 amide bonds. The molecule has 2 aromatic carbocycles. The van der Waals surface area contributed by atoms with E-state index in [1.807, 2.05) is 0 Å². The summed E-state index contributed by atoms with van der Waals surface area (Å²) in [5.41, 5.74) is 2.06. The zero-order valence-corrected chi connectivity index (χ0v) is 20.2. The average Bonchev–Trinajstić information content (AvgIpc) is 3.26. The Hall–Kier alpha value is -3.68. The summed E-state index contributed by atoms with van der Waals surface area (Å²) in [7, 11) is 1.56. The van der Waals surface area contributed by atoms with Gasteiger partial charge >= 0.3 is 12.2 Å². The van der Waals surface area contributed by atoms with Crippen LogP contribution >= 0.6 is 0 Å². The molecule has 2 heterocycles.